The number of hydrogen-bond acceptors (Lipinski definition) is 7. The van der Waals surface area contributed by atoms with Crippen LogP contribution in [0.3, 0.4) is 0 Å². The summed E-state index contributed by atoms with van der Waals surface area (Å²) in [5.41, 5.74) is 2.69. The molecule has 8 nitrogen and oxygen atoms in total. The number of carboxylic acid groups (broad SMARTS) is 1. The zero-order valence-electron chi connectivity index (χ0n) is 16.9. The van der Waals surface area contributed by atoms with Crippen LogP contribution in [0.15, 0.2) is 51.7 Å². The third-order valence-corrected chi connectivity index (χ3v) is 5.28. The van der Waals surface area contributed by atoms with Crippen LogP contribution in [0.5, 0.6) is 0 Å². The maximum absolute atomic E-state index is 11.6. The van der Waals surface area contributed by atoms with Crippen molar-refractivity contribution in [3.05, 3.63) is 64.8 Å². The predicted octanol–water partition coefficient (Wildman–Crippen LogP) is 5.08. The van der Waals surface area contributed by atoms with Gasteiger partial charge < -0.3 is 14.4 Å². The molecule has 0 aliphatic rings. The van der Waals surface area contributed by atoms with Gasteiger partial charge in [-0.05, 0) is 13.3 Å². The van der Waals surface area contributed by atoms with E-state index >= 15 is 0 Å². The van der Waals surface area contributed by atoms with Crippen molar-refractivity contribution < 1.29 is 19.2 Å². The van der Waals surface area contributed by atoms with Gasteiger partial charge in [0, 0.05) is 17.5 Å². The molecule has 30 heavy (non-hydrogen) atoms. The molecule has 0 spiro atoms. The third-order valence-electron chi connectivity index (χ3n) is 4.36. The zero-order chi connectivity index (χ0) is 21.3. The number of aromatic nitrogens is 2. The first kappa shape index (κ1) is 21.5. The molecule has 3 rings (SSSR count). The summed E-state index contributed by atoms with van der Waals surface area (Å²) in [7, 11) is 0. The number of benzene rings is 1. The number of unbranched alkanes of at least 4 members (excludes halogenated alkanes) is 2. The van der Waals surface area contributed by atoms with Gasteiger partial charge in [0.05, 0.1) is 11.4 Å². The number of hydrogen-bond donors (Lipinski definition) is 1. The molecule has 1 amide bonds. The van der Waals surface area contributed by atoms with Crippen LogP contribution in [0.2, 0.25) is 0 Å². The summed E-state index contributed by atoms with van der Waals surface area (Å²) >= 11 is 1.28. The van der Waals surface area contributed by atoms with E-state index < -0.39 is 6.09 Å². The van der Waals surface area contributed by atoms with Crippen LogP contribution < -0.4 is 4.90 Å². The van der Waals surface area contributed by atoms with Crippen LogP contribution in [0.1, 0.15) is 48.9 Å². The van der Waals surface area contributed by atoms with Crippen molar-refractivity contribution in [2.24, 2.45) is 5.16 Å². The lowest BCUT2D eigenvalue weighted by molar-refractivity contribution is 0.128. The topological polar surface area (TPSA) is 101 Å². The molecule has 1 N–H and O–H groups in total. The number of oxazole rings is 1. The minimum atomic E-state index is -1.00. The molecule has 0 saturated heterocycles. The normalized spacial score (nSPS) is 11.5. The Labute approximate surface area is 178 Å². The molecule has 0 bridgehead atoms. The van der Waals surface area contributed by atoms with E-state index in [1.165, 1.54) is 22.6 Å². The van der Waals surface area contributed by atoms with Gasteiger partial charge in [-0.25, -0.2) is 14.8 Å². The van der Waals surface area contributed by atoms with Crippen LogP contribution in [0, 0.1) is 6.92 Å². The van der Waals surface area contributed by atoms with Crippen LogP contribution in [0.4, 0.5) is 9.93 Å². The highest BCUT2D eigenvalue weighted by Gasteiger charge is 2.18. The molecule has 2 aromatic heterocycles. The van der Waals surface area contributed by atoms with E-state index in [0.717, 1.165) is 24.8 Å². The maximum Gasteiger partial charge on any atom is 0.413 e. The van der Waals surface area contributed by atoms with Gasteiger partial charge in [0.1, 0.15) is 0 Å². The molecule has 0 saturated carbocycles. The Bertz CT molecular complexity index is 984. The molecule has 1 aromatic carbocycles. The zero-order valence-corrected chi connectivity index (χ0v) is 17.8. The summed E-state index contributed by atoms with van der Waals surface area (Å²) in [5, 5.41) is 15.9. The molecule has 0 atom stereocenters. The molecule has 3 aromatic rings. The van der Waals surface area contributed by atoms with E-state index in [1.54, 1.807) is 5.38 Å². The average molecular weight is 429 g/mol. The highest BCUT2D eigenvalue weighted by molar-refractivity contribution is 7.14. The van der Waals surface area contributed by atoms with E-state index in [2.05, 4.69) is 22.0 Å². The minimum absolute atomic E-state index is 0.114. The number of anilines is 1. The molecule has 2 heterocycles. The Balaban J connectivity index is 1.71. The van der Waals surface area contributed by atoms with Crippen molar-refractivity contribution in [2.75, 3.05) is 11.4 Å². The fraction of sp³-hybridized carbons (Fsp3) is 0.333. The molecule has 0 unspecified atom stereocenters. The molecule has 0 aliphatic carbocycles. The smallest absolute Gasteiger partial charge is 0.413 e. The number of nitrogens with zero attached hydrogens (tertiary/aromatic N) is 4. The molecule has 9 heteroatoms. The van der Waals surface area contributed by atoms with Crippen LogP contribution >= 0.6 is 11.3 Å². The van der Waals surface area contributed by atoms with Gasteiger partial charge in [-0.3, -0.25) is 4.90 Å². The van der Waals surface area contributed by atoms with Gasteiger partial charge in [0.15, 0.2) is 29.6 Å². The Morgan fingerprint density at radius 1 is 1.30 bits per heavy atom. The van der Waals surface area contributed by atoms with Crippen molar-refractivity contribution in [2.45, 2.75) is 39.7 Å². The summed E-state index contributed by atoms with van der Waals surface area (Å²) in [6.07, 6.45) is 3.17. The molecule has 158 valence electrons. The lowest BCUT2D eigenvalue weighted by atomic mass is 10.1. The van der Waals surface area contributed by atoms with Crippen molar-refractivity contribution in [3.8, 4) is 0 Å². The number of rotatable bonds is 10. The maximum atomic E-state index is 11.6. The molecule has 0 fully saturated rings. The quantitative estimate of drug-likeness (QED) is 0.274. The summed E-state index contributed by atoms with van der Waals surface area (Å²) in [5.74, 6) is 0.535. The number of oxime groups is 1. The van der Waals surface area contributed by atoms with Gasteiger partial charge in [0.2, 0.25) is 0 Å². The summed E-state index contributed by atoms with van der Waals surface area (Å²) in [6.45, 7) is 4.46. The lowest BCUT2D eigenvalue weighted by Crippen LogP contribution is -2.30. The summed E-state index contributed by atoms with van der Waals surface area (Å²) < 4.78 is 5.48. The van der Waals surface area contributed by atoms with Gasteiger partial charge in [-0.2, -0.15) is 0 Å². The minimum Gasteiger partial charge on any atom is -0.465 e. The van der Waals surface area contributed by atoms with Crippen LogP contribution in [-0.2, 0) is 11.4 Å². The van der Waals surface area contributed by atoms with E-state index in [4.69, 9.17) is 9.25 Å². The standard InChI is InChI=1S/C21H24N4O4S/c1-3-4-8-11-25(21(26)27)20-23-17(13-30-20)12-29-24-18(16-9-6-5-7-10-16)19-15(2)22-14-28-19/h5-7,9-10,13-14H,3-4,8,11-12H2,1-2H3,(H,26,27). The summed E-state index contributed by atoms with van der Waals surface area (Å²) in [6, 6.07) is 9.55. The number of amides is 1. The van der Waals surface area contributed by atoms with Crippen LogP contribution in [-0.4, -0.2) is 33.4 Å². The Morgan fingerprint density at radius 2 is 2.10 bits per heavy atom. The first-order chi connectivity index (χ1) is 14.6. The van der Waals surface area contributed by atoms with Crippen molar-refractivity contribution in [1.82, 2.24) is 9.97 Å². The monoisotopic (exact) mass is 428 g/mol. The number of carbonyl (C=O) groups is 1. The van der Waals surface area contributed by atoms with Gasteiger partial charge in [-0.15, -0.1) is 11.3 Å². The SMILES string of the molecule is CCCCCN(C(=O)O)c1nc(CON=C(c2ccccc2)c2ocnc2C)cs1. The number of thiazole rings is 1. The first-order valence-electron chi connectivity index (χ1n) is 9.70. The predicted molar refractivity (Wildman–Crippen MR) is 115 cm³/mol. The molecule has 0 radical (unpaired) electrons. The largest absolute Gasteiger partial charge is 0.465 e. The van der Waals surface area contributed by atoms with E-state index in [9.17, 15) is 9.90 Å². The fourth-order valence-electron chi connectivity index (χ4n) is 2.79. The van der Waals surface area contributed by atoms with Gasteiger partial charge in [-0.1, -0.05) is 55.3 Å². The van der Waals surface area contributed by atoms with E-state index in [0.29, 0.717) is 34.5 Å². The lowest BCUT2D eigenvalue weighted by Gasteiger charge is -2.15. The number of aryl methyl sites for hydroxylation is 1. The van der Waals surface area contributed by atoms with Crippen molar-refractivity contribution >= 4 is 28.3 Å². The highest BCUT2D eigenvalue weighted by atomic mass is 32.1. The highest BCUT2D eigenvalue weighted by Crippen LogP contribution is 2.22. The average Bonchev–Trinajstić information content (AvgIpc) is 3.38. The Hall–Kier alpha value is -3.20. The Morgan fingerprint density at radius 3 is 2.77 bits per heavy atom. The summed E-state index contributed by atoms with van der Waals surface area (Å²) in [4.78, 5) is 26.9. The second kappa shape index (κ2) is 10.5. The van der Waals surface area contributed by atoms with Crippen molar-refractivity contribution in [3.63, 3.8) is 0 Å². The second-order valence-electron chi connectivity index (χ2n) is 6.61. The fourth-order valence-corrected chi connectivity index (χ4v) is 3.62. The third kappa shape index (κ3) is 5.44. The van der Waals surface area contributed by atoms with Gasteiger partial charge in [0.25, 0.3) is 0 Å². The second-order valence-corrected chi connectivity index (χ2v) is 7.45. The van der Waals surface area contributed by atoms with Crippen molar-refractivity contribution in [1.29, 1.82) is 0 Å². The van der Waals surface area contributed by atoms with Crippen LogP contribution in [0.25, 0.3) is 0 Å². The Kier molecular flexibility index (Phi) is 7.56. The molecular weight excluding hydrogens is 404 g/mol. The van der Waals surface area contributed by atoms with Gasteiger partial charge >= 0.3 is 6.09 Å². The first-order valence-corrected chi connectivity index (χ1v) is 10.6. The molecule has 0 aliphatic heterocycles. The molecular formula is C21H24N4O4S. The van der Waals surface area contributed by atoms with E-state index in [-0.39, 0.29) is 6.61 Å². The van der Waals surface area contributed by atoms with E-state index in [1.807, 2.05) is 37.3 Å².